The van der Waals surface area contributed by atoms with Gasteiger partial charge in [0, 0.05) is 23.7 Å². The molecule has 3 fully saturated rings. The monoisotopic (exact) mass is 383 g/mol. The van der Waals surface area contributed by atoms with Gasteiger partial charge in [-0.05, 0) is 56.6 Å². The Kier molecular flexibility index (Phi) is 3.55. The summed E-state index contributed by atoms with van der Waals surface area (Å²) in [5.41, 5.74) is -0.427. The van der Waals surface area contributed by atoms with Crippen LogP contribution in [0.2, 0.25) is 0 Å². The van der Waals surface area contributed by atoms with Gasteiger partial charge in [0.2, 0.25) is 0 Å². The summed E-state index contributed by atoms with van der Waals surface area (Å²) < 4.78 is 6.05. The highest BCUT2D eigenvalue weighted by Gasteiger charge is 2.73. The number of aliphatic hydroxyl groups is 1. The predicted molar refractivity (Wildman–Crippen MR) is 105 cm³/mol. The lowest BCUT2D eigenvalue weighted by atomic mass is 9.46. The van der Waals surface area contributed by atoms with E-state index in [9.17, 15) is 14.7 Å². The summed E-state index contributed by atoms with van der Waals surface area (Å²) in [6.45, 7) is 7.77. The van der Waals surface area contributed by atoms with Crippen molar-refractivity contribution in [3.8, 4) is 0 Å². The van der Waals surface area contributed by atoms with Gasteiger partial charge in [-0.25, -0.2) is 4.99 Å². The Hall–Kier alpha value is -1.75. The van der Waals surface area contributed by atoms with Crippen LogP contribution in [0.25, 0.3) is 0 Å². The van der Waals surface area contributed by atoms with Gasteiger partial charge in [-0.3, -0.25) is 9.59 Å². The molecule has 1 aliphatic heterocycles. The molecule has 0 spiro atoms. The average molecular weight is 383 g/mol. The molecule has 0 radical (unpaired) electrons. The molecular weight excluding hydrogens is 354 g/mol. The van der Waals surface area contributed by atoms with Gasteiger partial charge < -0.3 is 9.84 Å². The van der Waals surface area contributed by atoms with E-state index in [0.717, 1.165) is 24.8 Å². The molecule has 1 unspecified atom stereocenters. The predicted octanol–water partition coefficient (Wildman–Crippen LogP) is 3.02. The molecule has 5 rings (SSSR count). The summed E-state index contributed by atoms with van der Waals surface area (Å²) >= 11 is 0. The first-order chi connectivity index (χ1) is 13.1. The second-order valence-electron chi connectivity index (χ2n) is 10.0. The zero-order valence-electron chi connectivity index (χ0n) is 17.1. The Morgan fingerprint density at radius 2 is 2.11 bits per heavy atom. The number of carbonyl (C=O) groups excluding carboxylic acids is 2. The number of ketones is 2. The van der Waals surface area contributed by atoms with Gasteiger partial charge in [0.1, 0.15) is 6.10 Å². The highest BCUT2D eigenvalue weighted by Crippen LogP contribution is 2.69. The van der Waals surface area contributed by atoms with Crippen molar-refractivity contribution < 1.29 is 19.4 Å². The van der Waals surface area contributed by atoms with E-state index in [1.54, 1.807) is 19.1 Å². The van der Waals surface area contributed by atoms with E-state index in [4.69, 9.17) is 9.73 Å². The topological polar surface area (TPSA) is 76.0 Å². The molecule has 4 aliphatic carbocycles. The molecule has 150 valence electrons. The van der Waals surface area contributed by atoms with Crippen molar-refractivity contribution >= 4 is 17.5 Å². The van der Waals surface area contributed by atoms with Crippen molar-refractivity contribution in [2.75, 3.05) is 0 Å². The molecular formula is C23H29NO4. The number of nitrogens with zero attached hydrogens (tertiary/aromatic N) is 1. The van der Waals surface area contributed by atoms with Gasteiger partial charge in [-0.1, -0.05) is 25.5 Å². The van der Waals surface area contributed by atoms with Crippen LogP contribution in [0.3, 0.4) is 0 Å². The lowest BCUT2D eigenvalue weighted by Crippen LogP contribution is -2.61. The molecule has 0 aromatic carbocycles. The minimum absolute atomic E-state index is 0.0465. The molecule has 28 heavy (non-hydrogen) atoms. The smallest absolute Gasteiger partial charge is 0.181 e. The van der Waals surface area contributed by atoms with Crippen LogP contribution in [-0.4, -0.2) is 40.3 Å². The fraction of sp³-hybridized carbons (Fsp3) is 0.696. The van der Waals surface area contributed by atoms with Gasteiger partial charge in [-0.2, -0.15) is 0 Å². The number of ether oxygens (including phenoxy) is 1. The highest BCUT2D eigenvalue weighted by atomic mass is 16.5. The van der Waals surface area contributed by atoms with Crippen LogP contribution in [0.5, 0.6) is 0 Å². The van der Waals surface area contributed by atoms with Crippen molar-refractivity contribution in [3.63, 3.8) is 0 Å². The molecule has 8 atom stereocenters. The van der Waals surface area contributed by atoms with E-state index in [0.29, 0.717) is 12.3 Å². The normalized spacial score (nSPS) is 51.3. The largest absolute Gasteiger partial charge is 0.475 e. The summed E-state index contributed by atoms with van der Waals surface area (Å²) in [5.74, 6) is 1.31. The molecule has 5 aliphatic rings. The number of carbonyl (C=O) groups is 2. The molecule has 0 aromatic rings. The number of fused-ring (bicyclic) bond motifs is 7. The van der Waals surface area contributed by atoms with Crippen molar-refractivity contribution in [2.24, 2.45) is 33.6 Å². The van der Waals surface area contributed by atoms with Crippen LogP contribution in [-0.2, 0) is 14.3 Å². The average Bonchev–Trinajstić information content (AvgIpc) is 3.06. The number of hydrogen-bond donors (Lipinski definition) is 1. The van der Waals surface area contributed by atoms with Crippen LogP contribution in [0.1, 0.15) is 53.4 Å². The fourth-order valence-corrected chi connectivity index (χ4v) is 7.84. The van der Waals surface area contributed by atoms with Crippen LogP contribution in [0.15, 0.2) is 28.8 Å². The first-order valence-electron chi connectivity index (χ1n) is 10.5. The molecule has 0 bridgehead atoms. The lowest BCUT2D eigenvalue weighted by molar-refractivity contribution is -0.142. The maximum Gasteiger partial charge on any atom is 0.181 e. The second kappa shape index (κ2) is 5.44. The third-order valence-electron chi connectivity index (χ3n) is 8.87. The van der Waals surface area contributed by atoms with Crippen LogP contribution in [0, 0.1) is 28.6 Å². The SMILES string of the molecule is CC(=O)C12N=C(C)O[C@@H]1C[C@H]1[C@@H]3CCC4=CC(=O)C=C[C@]4(C)[C@H]3[C@@H](O)C[C@@]12C. The highest BCUT2D eigenvalue weighted by molar-refractivity contribution is 6.01. The quantitative estimate of drug-likeness (QED) is 0.755. The summed E-state index contributed by atoms with van der Waals surface area (Å²) in [5, 5.41) is 11.4. The molecule has 0 aromatic heterocycles. The Morgan fingerprint density at radius 3 is 2.82 bits per heavy atom. The van der Waals surface area contributed by atoms with Crippen LogP contribution >= 0.6 is 0 Å². The Bertz CT molecular complexity index is 872. The van der Waals surface area contributed by atoms with Crippen LogP contribution < -0.4 is 0 Å². The maximum absolute atomic E-state index is 12.9. The second-order valence-corrected chi connectivity index (χ2v) is 10.0. The first kappa shape index (κ1) is 18.3. The van der Waals surface area contributed by atoms with E-state index in [-0.39, 0.29) is 40.8 Å². The molecule has 5 heteroatoms. The van der Waals surface area contributed by atoms with Gasteiger partial charge >= 0.3 is 0 Å². The zero-order valence-corrected chi connectivity index (χ0v) is 17.1. The molecule has 1 N–H and O–H groups in total. The van der Waals surface area contributed by atoms with Gasteiger partial charge in [0.25, 0.3) is 0 Å². The van der Waals surface area contributed by atoms with E-state index >= 15 is 0 Å². The summed E-state index contributed by atoms with van der Waals surface area (Å²) in [7, 11) is 0. The summed E-state index contributed by atoms with van der Waals surface area (Å²) in [6, 6.07) is 0. The van der Waals surface area contributed by atoms with Gasteiger partial charge in [-0.15, -0.1) is 0 Å². The first-order valence-corrected chi connectivity index (χ1v) is 10.5. The van der Waals surface area contributed by atoms with Crippen molar-refractivity contribution in [1.82, 2.24) is 0 Å². The number of aliphatic imine (C=N–C) groups is 1. The Labute approximate surface area is 165 Å². The van der Waals surface area contributed by atoms with Crippen molar-refractivity contribution in [2.45, 2.75) is 71.1 Å². The van der Waals surface area contributed by atoms with Crippen LogP contribution in [0.4, 0.5) is 0 Å². The third-order valence-corrected chi connectivity index (χ3v) is 8.87. The molecule has 1 heterocycles. The van der Waals surface area contributed by atoms with Gasteiger partial charge in [0.05, 0.1) is 6.10 Å². The minimum Gasteiger partial charge on any atom is -0.475 e. The summed E-state index contributed by atoms with van der Waals surface area (Å²) in [4.78, 5) is 29.6. The standard InChI is InChI=1S/C23H29NO4/c1-12(25)23-19(28-13(2)24-23)10-17-16-6-5-14-9-15(26)7-8-21(14,3)20(16)18(27)11-22(17,23)4/h7-9,16-20,27H,5-6,10-11H2,1-4H3/t16-,17-,18-,19+,20+,21-,22-,23?/m0/s1. The lowest BCUT2D eigenvalue weighted by Gasteiger charge is -2.59. The molecule has 0 amide bonds. The number of hydrogen-bond acceptors (Lipinski definition) is 5. The number of Topliss-reactive ketones (excluding diaryl/α,β-unsaturated/α-hetero) is 1. The van der Waals surface area contributed by atoms with E-state index in [1.807, 2.05) is 13.0 Å². The molecule has 5 nitrogen and oxygen atoms in total. The Morgan fingerprint density at radius 1 is 1.36 bits per heavy atom. The van der Waals surface area contributed by atoms with E-state index < -0.39 is 17.1 Å². The van der Waals surface area contributed by atoms with Crippen molar-refractivity contribution in [1.29, 1.82) is 0 Å². The van der Waals surface area contributed by atoms with Crippen molar-refractivity contribution in [3.05, 3.63) is 23.8 Å². The number of rotatable bonds is 1. The zero-order chi connectivity index (χ0) is 20.1. The molecule has 3 saturated carbocycles. The van der Waals surface area contributed by atoms with Gasteiger partial charge in [0.15, 0.2) is 23.0 Å². The maximum atomic E-state index is 12.9. The van der Waals surface area contributed by atoms with E-state index in [2.05, 4.69) is 13.8 Å². The minimum atomic E-state index is -0.872. The Balaban J connectivity index is 1.61. The third kappa shape index (κ3) is 1.94. The van der Waals surface area contributed by atoms with E-state index in [1.165, 1.54) is 0 Å². The molecule has 0 saturated heterocycles. The summed E-state index contributed by atoms with van der Waals surface area (Å²) in [6.07, 6.45) is 7.84. The fourth-order valence-electron chi connectivity index (χ4n) is 7.84. The number of allylic oxidation sites excluding steroid dienone is 4. The number of aliphatic hydroxyl groups excluding tert-OH is 1.